The molecule has 0 aromatic heterocycles. The Labute approximate surface area is 69.4 Å². The fraction of sp³-hybridized carbons (Fsp3) is 1.00. The minimum atomic E-state index is 0.432. The van der Waals surface area contributed by atoms with Crippen LogP contribution in [0.1, 0.15) is 39.0 Å². The molecular formula is C10H19N. The lowest BCUT2D eigenvalue weighted by molar-refractivity contribution is 0.353. The Morgan fingerprint density at radius 1 is 1.18 bits per heavy atom. The van der Waals surface area contributed by atoms with Crippen LogP contribution in [0.4, 0.5) is 0 Å². The Bertz CT molecular complexity index is 122. The van der Waals surface area contributed by atoms with Crippen LogP contribution < -0.4 is 5.73 Å². The van der Waals surface area contributed by atoms with Gasteiger partial charge in [-0.25, -0.2) is 0 Å². The molecule has 0 radical (unpaired) electrons. The predicted molar refractivity (Wildman–Crippen MR) is 47.2 cm³/mol. The van der Waals surface area contributed by atoms with Crippen molar-refractivity contribution < 1.29 is 0 Å². The number of hydrogen-bond donors (Lipinski definition) is 1. The third-order valence-corrected chi connectivity index (χ3v) is 3.10. The van der Waals surface area contributed by atoms with Crippen molar-refractivity contribution in [1.82, 2.24) is 0 Å². The molecular weight excluding hydrogens is 134 g/mol. The average Bonchev–Trinajstić information content (AvgIpc) is 2.79. The zero-order chi connectivity index (χ0) is 7.84. The van der Waals surface area contributed by atoms with Gasteiger partial charge in [-0.1, -0.05) is 0 Å². The molecule has 0 aliphatic heterocycles. The number of nitrogens with two attached hydrogens (primary N) is 1. The monoisotopic (exact) mass is 153 g/mol. The fourth-order valence-corrected chi connectivity index (χ4v) is 2.25. The maximum Gasteiger partial charge on any atom is 0.00133 e. The Morgan fingerprint density at radius 3 is 1.91 bits per heavy atom. The first-order chi connectivity index (χ1) is 5.27. The van der Waals surface area contributed by atoms with Crippen LogP contribution in [0.15, 0.2) is 0 Å². The highest BCUT2D eigenvalue weighted by atomic mass is 14.6. The Hall–Kier alpha value is -0.0400. The molecule has 2 aliphatic rings. The van der Waals surface area contributed by atoms with E-state index in [2.05, 4.69) is 6.92 Å². The van der Waals surface area contributed by atoms with Gasteiger partial charge in [-0.05, 0) is 56.8 Å². The van der Waals surface area contributed by atoms with Crippen LogP contribution in [0, 0.1) is 17.8 Å². The summed E-state index contributed by atoms with van der Waals surface area (Å²) in [6.45, 7) is 2.15. The van der Waals surface area contributed by atoms with E-state index >= 15 is 0 Å². The molecule has 2 aliphatic carbocycles. The zero-order valence-electron chi connectivity index (χ0n) is 7.42. The maximum atomic E-state index is 5.82. The molecule has 1 heteroatoms. The van der Waals surface area contributed by atoms with Crippen LogP contribution in [0.25, 0.3) is 0 Å². The van der Waals surface area contributed by atoms with E-state index in [1.54, 1.807) is 0 Å². The molecule has 2 rings (SSSR count). The van der Waals surface area contributed by atoms with Crippen LogP contribution in [0.5, 0.6) is 0 Å². The molecule has 2 saturated carbocycles. The lowest BCUT2D eigenvalue weighted by atomic mass is 9.91. The fourth-order valence-electron chi connectivity index (χ4n) is 2.25. The number of rotatable bonds is 4. The molecule has 1 unspecified atom stereocenters. The summed E-state index contributed by atoms with van der Waals surface area (Å²) >= 11 is 0. The highest BCUT2D eigenvalue weighted by molar-refractivity contribution is 4.92. The summed E-state index contributed by atoms with van der Waals surface area (Å²) in [4.78, 5) is 0. The van der Waals surface area contributed by atoms with Gasteiger partial charge in [-0.2, -0.15) is 0 Å². The second kappa shape index (κ2) is 2.78. The first-order valence-electron chi connectivity index (χ1n) is 5.03. The van der Waals surface area contributed by atoms with Gasteiger partial charge < -0.3 is 5.73 Å². The standard InChI is InChI=1S/C10H19N/c1-7(11)6-10(8-2-3-8)9-4-5-9/h7-10H,2-6,11H2,1H3. The van der Waals surface area contributed by atoms with Gasteiger partial charge in [0, 0.05) is 6.04 Å². The van der Waals surface area contributed by atoms with Crippen LogP contribution in [-0.2, 0) is 0 Å². The molecule has 11 heavy (non-hydrogen) atoms. The van der Waals surface area contributed by atoms with Crippen molar-refractivity contribution >= 4 is 0 Å². The minimum Gasteiger partial charge on any atom is -0.328 e. The summed E-state index contributed by atoms with van der Waals surface area (Å²) < 4.78 is 0. The quantitative estimate of drug-likeness (QED) is 0.658. The van der Waals surface area contributed by atoms with Crippen LogP contribution in [0.2, 0.25) is 0 Å². The lowest BCUT2D eigenvalue weighted by Gasteiger charge is -2.17. The summed E-state index contributed by atoms with van der Waals surface area (Å²) in [5.41, 5.74) is 5.82. The topological polar surface area (TPSA) is 26.0 Å². The summed E-state index contributed by atoms with van der Waals surface area (Å²) in [6.07, 6.45) is 7.26. The van der Waals surface area contributed by atoms with Gasteiger partial charge in [-0.15, -0.1) is 0 Å². The molecule has 0 amide bonds. The SMILES string of the molecule is CC(N)CC(C1CC1)C1CC1. The highest BCUT2D eigenvalue weighted by Crippen LogP contribution is 2.50. The molecule has 1 atom stereocenters. The van der Waals surface area contributed by atoms with Crippen molar-refractivity contribution in [3.8, 4) is 0 Å². The van der Waals surface area contributed by atoms with E-state index in [-0.39, 0.29) is 0 Å². The summed E-state index contributed by atoms with van der Waals surface area (Å²) in [5.74, 6) is 3.16. The summed E-state index contributed by atoms with van der Waals surface area (Å²) in [5, 5.41) is 0. The Kier molecular flexibility index (Phi) is 1.92. The molecule has 0 spiro atoms. The minimum absolute atomic E-state index is 0.432. The molecule has 0 bridgehead atoms. The first-order valence-corrected chi connectivity index (χ1v) is 5.03. The third kappa shape index (κ3) is 1.96. The van der Waals surface area contributed by atoms with Crippen molar-refractivity contribution in [2.24, 2.45) is 23.5 Å². The molecule has 0 heterocycles. The van der Waals surface area contributed by atoms with Gasteiger partial charge in [0.1, 0.15) is 0 Å². The summed E-state index contributed by atoms with van der Waals surface area (Å²) in [6, 6.07) is 0.432. The van der Waals surface area contributed by atoms with Crippen molar-refractivity contribution in [3.63, 3.8) is 0 Å². The van der Waals surface area contributed by atoms with Crippen molar-refractivity contribution in [1.29, 1.82) is 0 Å². The predicted octanol–water partition coefficient (Wildman–Crippen LogP) is 2.16. The van der Waals surface area contributed by atoms with Crippen LogP contribution in [0.3, 0.4) is 0 Å². The second-order valence-electron chi connectivity index (χ2n) is 4.55. The highest BCUT2D eigenvalue weighted by Gasteiger charge is 2.41. The smallest absolute Gasteiger partial charge is 0.00133 e. The molecule has 2 N–H and O–H groups in total. The largest absolute Gasteiger partial charge is 0.328 e. The molecule has 0 saturated heterocycles. The van der Waals surface area contributed by atoms with Crippen LogP contribution in [-0.4, -0.2) is 6.04 Å². The van der Waals surface area contributed by atoms with Crippen LogP contribution >= 0.6 is 0 Å². The molecule has 2 fully saturated rings. The van der Waals surface area contributed by atoms with Gasteiger partial charge in [0.15, 0.2) is 0 Å². The normalized spacial score (nSPS) is 27.5. The van der Waals surface area contributed by atoms with Gasteiger partial charge >= 0.3 is 0 Å². The van der Waals surface area contributed by atoms with Crippen molar-refractivity contribution in [2.45, 2.75) is 45.1 Å². The van der Waals surface area contributed by atoms with E-state index in [0.29, 0.717) is 6.04 Å². The molecule has 0 aromatic rings. The molecule has 0 aromatic carbocycles. The number of hydrogen-bond acceptors (Lipinski definition) is 1. The van der Waals surface area contributed by atoms with Crippen molar-refractivity contribution in [3.05, 3.63) is 0 Å². The van der Waals surface area contributed by atoms with E-state index < -0.39 is 0 Å². The maximum absolute atomic E-state index is 5.82. The van der Waals surface area contributed by atoms with Gasteiger partial charge in [0.25, 0.3) is 0 Å². The third-order valence-electron chi connectivity index (χ3n) is 3.10. The van der Waals surface area contributed by atoms with Gasteiger partial charge in [0.05, 0.1) is 0 Å². The first kappa shape index (κ1) is 7.60. The lowest BCUT2D eigenvalue weighted by Crippen LogP contribution is -2.21. The Morgan fingerprint density at radius 2 is 1.64 bits per heavy atom. The van der Waals surface area contributed by atoms with E-state index in [4.69, 9.17) is 5.73 Å². The Balaban J connectivity index is 1.82. The van der Waals surface area contributed by atoms with E-state index in [1.807, 2.05) is 0 Å². The second-order valence-corrected chi connectivity index (χ2v) is 4.55. The van der Waals surface area contributed by atoms with Gasteiger partial charge in [-0.3, -0.25) is 0 Å². The van der Waals surface area contributed by atoms with E-state index in [0.717, 1.165) is 17.8 Å². The average molecular weight is 153 g/mol. The zero-order valence-corrected chi connectivity index (χ0v) is 7.42. The van der Waals surface area contributed by atoms with Gasteiger partial charge in [0.2, 0.25) is 0 Å². The summed E-state index contributed by atoms with van der Waals surface area (Å²) in [7, 11) is 0. The van der Waals surface area contributed by atoms with Crippen molar-refractivity contribution in [2.75, 3.05) is 0 Å². The van der Waals surface area contributed by atoms with E-state index in [9.17, 15) is 0 Å². The molecule has 1 nitrogen and oxygen atoms in total. The van der Waals surface area contributed by atoms with E-state index in [1.165, 1.54) is 32.1 Å². The molecule has 64 valence electrons.